The SMILES string of the molecule is CC1(C)CC(C(=O)NC(CC2CCNC2=O)C(=O)COC(F)(F)F)N(C(=O)C(=O)NC2(C)CC2)C1. The van der Waals surface area contributed by atoms with Gasteiger partial charge in [0.25, 0.3) is 0 Å². The number of nitrogens with zero attached hydrogens (tertiary/aromatic N) is 1. The summed E-state index contributed by atoms with van der Waals surface area (Å²) in [6.45, 7) is 4.54. The van der Waals surface area contributed by atoms with Crippen LogP contribution in [0, 0.1) is 11.3 Å². The van der Waals surface area contributed by atoms with Crippen LogP contribution in [-0.4, -0.2) is 78.0 Å². The number of amides is 4. The van der Waals surface area contributed by atoms with Crippen LogP contribution in [0.4, 0.5) is 13.2 Å². The molecule has 1 saturated carbocycles. The summed E-state index contributed by atoms with van der Waals surface area (Å²) in [6.07, 6.45) is -3.24. The highest BCUT2D eigenvalue weighted by atomic mass is 19.4. The number of halogens is 3. The molecule has 0 aromatic carbocycles. The van der Waals surface area contributed by atoms with Gasteiger partial charge in [0.1, 0.15) is 12.6 Å². The van der Waals surface area contributed by atoms with E-state index >= 15 is 0 Å². The van der Waals surface area contributed by atoms with Crippen LogP contribution >= 0.6 is 0 Å². The van der Waals surface area contributed by atoms with Crippen molar-refractivity contribution in [2.24, 2.45) is 11.3 Å². The first-order valence-electron chi connectivity index (χ1n) is 11.5. The molecule has 3 rings (SSSR count). The molecule has 3 fully saturated rings. The number of carbonyl (C=O) groups is 5. The molecule has 0 aromatic rings. The van der Waals surface area contributed by atoms with Crippen molar-refractivity contribution in [1.29, 1.82) is 0 Å². The maximum Gasteiger partial charge on any atom is 0.522 e. The molecule has 0 aromatic heterocycles. The Morgan fingerprint density at radius 3 is 2.40 bits per heavy atom. The van der Waals surface area contributed by atoms with Gasteiger partial charge in [-0.05, 0) is 44.4 Å². The van der Waals surface area contributed by atoms with Gasteiger partial charge in [0.05, 0.1) is 6.04 Å². The molecule has 3 N–H and O–H groups in total. The molecule has 10 nitrogen and oxygen atoms in total. The molecule has 0 bridgehead atoms. The summed E-state index contributed by atoms with van der Waals surface area (Å²) in [7, 11) is 0. The molecule has 13 heteroatoms. The fraction of sp³-hybridized carbons (Fsp3) is 0.773. The minimum Gasteiger partial charge on any atom is -0.356 e. The number of alkyl halides is 3. The van der Waals surface area contributed by atoms with Crippen LogP contribution in [0.2, 0.25) is 0 Å². The standard InChI is InChI=1S/C22H31F3N4O6/c1-20(2)9-14(29(11-20)19(34)18(33)28-21(3)5-6-21)17(32)27-13(8-12-4-7-26-16(12)31)15(30)10-35-22(23,24)25/h12-14H,4-11H2,1-3H3,(H,26,31)(H,27,32)(H,28,33). The third kappa shape index (κ3) is 7.15. The smallest absolute Gasteiger partial charge is 0.356 e. The van der Waals surface area contributed by atoms with Gasteiger partial charge < -0.3 is 20.9 Å². The number of rotatable bonds is 8. The monoisotopic (exact) mass is 504 g/mol. The Hall–Kier alpha value is -2.70. The summed E-state index contributed by atoms with van der Waals surface area (Å²) < 4.78 is 41.0. The first-order valence-corrected chi connectivity index (χ1v) is 11.5. The highest BCUT2D eigenvalue weighted by molar-refractivity contribution is 6.35. The largest absolute Gasteiger partial charge is 0.522 e. The maximum absolute atomic E-state index is 13.2. The molecule has 2 aliphatic heterocycles. The Morgan fingerprint density at radius 2 is 1.86 bits per heavy atom. The van der Waals surface area contributed by atoms with Crippen molar-refractivity contribution in [3.8, 4) is 0 Å². The first-order chi connectivity index (χ1) is 16.1. The Bertz CT molecular complexity index is 902. The molecule has 0 spiro atoms. The Balaban J connectivity index is 1.73. The number of carbonyl (C=O) groups excluding carboxylic acids is 5. The van der Waals surface area contributed by atoms with Gasteiger partial charge >= 0.3 is 18.2 Å². The molecule has 196 valence electrons. The molecule has 1 aliphatic carbocycles. The molecule has 3 unspecified atom stereocenters. The molecule has 35 heavy (non-hydrogen) atoms. The number of ketones is 1. The zero-order chi connectivity index (χ0) is 26.2. The maximum atomic E-state index is 13.2. The van der Waals surface area contributed by atoms with E-state index < -0.39 is 65.4 Å². The van der Waals surface area contributed by atoms with Crippen molar-refractivity contribution in [2.75, 3.05) is 19.7 Å². The molecule has 3 atom stereocenters. The average molecular weight is 505 g/mol. The first kappa shape index (κ1) is 26.9. The van der Waals surface area contributed by atoms with Crippen LogP contribution in [0.25, 0.3) is 0 Å². The fourth-order valence-electron chi connectivity index (χ4n) is 4.43. The summed E-state index contributed by atoms with van der Waals surface area (Å²) in [5.74, 6) is -4.59. The molecule has 2 saturated heterocycles. The second kappa shape index (κ2) is 9.75. The highest BCUT2D eigenvalue weighted by Crippen LogP contribution is 2.36. The summed E-state index contributed by atoms with van der Waals surface area (Å²) in [4.78, 5) is 64.2. The predicted octanol–water partition coefficient (Wildman–Crippen LogP) is 0.399. The van der Waals surface area contributed by atoms with E-state index in [4.69, 9.17) is 0 Å². The zero-order valence-corrected chi connectivity index (χ0v) is 19.9. The number of likely N-dealkylation sites (tertiary alicyclic amines) is 1. The molecular formula is C22H31F3N4O6. The van der Waals surface area contributed by atoms with Gasteiger partial charge in [-0.2, -0.15) is 0 Å². The normalized spacial score (nSPS) is 25.5. The van der Waals surface area contributed by atoms with Crippen molar-refractivity contribution >= 4 is 29.4 Å². The van der Waals surface area contributed by atoms with E-state index in [1.807, 2.05) is 13.8 Å². The lowest BCUT2D eigenvalue weighted by Crippen LogP contribution is -2.55. The van der Waals surface area contributed by atoms with E-state index in [0.29, 0.717) is 13.0 Å². The molecule has 4 amide bonds. The van der Waals surface area contributed by atoms with Crippen molar-refractivity contribution < 1.29 is 41.9 Å². The van der Waals surface area contributed by atoms with Crippen LogP contribution in [0.5, 0.6) is 0 Å². The van der Waals surface area contributed by atoms with Gasteiger partial charge in [-0.15, -0.1) is 13.2 Å². The van der Waals surface area contributed by atoms with E-state index in [2.05, 4.69) is 20.7 Å². The van der Waals surface area contributed by atoms with Gasteiger partial charge in [0.15, 0.2) is 5.78 Å². The summed E-state index contributed by atoms with van der Waals surface area (Å²) in [5.41, 5.74) is -0.969. The van der Waals surface area contributed by atoms with Crippen molar-refractivity contribution in [3.63, 3.8) is 0 Å². The lowest BCUT2D eigenvalue weighted by Gasteiger charge is -2.27. The zero-order valence-electron chi connectivity index (χ0n) is 19.9. The quantitative estimate of drug-likeness (QED) is 0.410. The summed E-state index contributed by atoms with van der Waals surface area (Å²) >= 11 is 0. The average Bonchev–Trinajstić information content (AvgIpc) is 3.17. The van der Waals surface area contributed by atoms with E-state index in [0.717, 1.165) is 17.7 Å². The predicted molar refractivity (Wildman–Crippen MR) is 114 cm³/mol. The van der Waals surface area contributed by atoms with Crippen molar-refractivity contribution in [3.05, 3.63) is 0 Å². The Morgan fingerprint density at radius 1 is 1.20 bits per heavy atom. The second-order valence-electron chi connectivity index (χ2n) is 10.6. The van der Waals surface area contributed by atoms with E-state index in [1.165, 1.54) is 0 Å². The van der Waals surface area contributed by atoms with E-state index in [1.54, 1.807) is 6.92 Å². The van der Waals surface area contributed by atoms with Gasteiger partial charge in [-0.3, -0.25) is 28.7 Å². The third-order valence-corrected chi connectivity index (χ3v) is 6.66. The minimum atomic E-state index is -5.04. The molecular weight excluding hydrogens is 473 g/mol. The number of ether oxygens (including phenoxy) is 1. The number of nitrogens with one attached hydrogen (secondary N) is 3. The summed E-state index contributed by atoms with van der Waals surface area (Å²) in [5, 5.41) is 7.65. The number of hydrogen-bond acceptors (Lipinski definition) is 6. The molecule has 2 heterocycles. The Kier molecular flexibility index (Phi) is 7.49. The number of Topliss-reactive ketones (excluding diaryl/α,β-unsaturated/α-hetero) is 1. The third-order valence-electron chi connectivity index (χ3n) is 6.66. The highest BCUT2D eigenvalue weighted by Gasteiger charge is 2.48. The topological polar surface area (TPSA) is 134 Å². The van der Waals surface area contributed by atoms with Crippen LogP contribution in [-0.2, 0) is 28.7 Å². The minimum absolute atomic E-state index is 0.106. The summed E-state index contributed by atoms with van der Waals surface area (Å²) in [6, 6.07) is -2.54. The van der Waals surface area contributed by atoms with Crippen molar-refractivity contribution in [1.82, 2.24) is 20.9 Å². The molecule has 3 aliphatic rings. The van der Waals surface area contributed by atoms with Crippen LogP contribution < -0.4 is 16.0 Å². The van der Waals surface area contributed by atoms with Crippen LogP contribution in [0.1, 0.15) is 52.9 Å². The Labute approximate surface area is 200 Å². The number of hydrogen-bond donors (Lipinski definition) is 3. The van der Waals surface area contributed by atoms with E-state index in [-0.39, 0.29) is 25.3 Å². The van der Waals surface area contributed by atoms with Gasteiger partial charge in [0, 0.05) is 24.5 Å². The van der Waals surface area contributed by atoms with Gasteiger partial charge in [-0.25, -0.2) is 0 Å². The second-order valence-corrected chi connectivity index (χ2v) is 10.6. The van der Waals surface area contributed by atoms with Crippen LogP contribution in [0.15, 0.2) is 0 Å². The van der Waals surface area contributed by atoms with E-state index in [9.17, 15) is 37.1 Å². The van der Waals surface area contributed by atoms with Crippen molar-refractivity contribution in [2.45, 2.75) is 76.9 Å². The van der Waals surface area contributed by atoms with Gasteiger partial charge in [0.2, 0.25) is 11.8 Å². The molecule has 0 radical (unpaired) electrons. The fourth-order valence-corrected chi connectivity index (χ4v) is 4.43. The van der Waals surface area contributed by atoms with Crippen LogP contribution in [0.3, 0.4) is 0 Å². The lowest BCUT2D eigenvalue weighted by molar-refractivity contribution is -0.321. The lowest BCUT2D eigenvalue weighted by atomic mass is 9.90. The van der Waals surface area contributed by atoms with Gasteiger partial charge in [-0.1, -0.05) is 13.8 Å².